The second kappa shape index (κ2) is 6.58. The lowest BCUT2D eigenvalue weighted by Gasteiger charge is -2.35. The Bertz CT molecular complexity index is 615. The van der Waals surface area contributed by atoms with Gasteiger partial charge in [-0.3, -0.25) is 0 Å². The third-order valence-corrected chi connectivity index (χ3v) is 4.58. The highest BCUT2D eigenvalue weighted by Crippen LogP contribution is 2.34. The zero-order chi connectivity index (χ0) is 15.6. The standard InChI is InChI=1S/C15H17BrN2O2S/c1-4-20-14(19)12-9(2)18(3)15(21)17-13(12)10-7-5-6-8-11(10)16/h5-8,13H,4H2,1-3H3,(H,17,21)/t13-/m1/s1. The number of rotatable bonds is 3. The summed E-state index contributed by atoms with van der Waals surface area (Å²) in [6.07, 6.45) is 0. The number of halogens is 1. The average molecular weight is 369 g/mol. The van der Waals surface area contributed by atoms with Gasteiger partial charge in [0.15, 0.2) is 5.11 Å². The van der Waals surface area contributed by atoms with Crippen LogP contribution in [-0.4, -0.2) is 29.6 Å². The van der Waals surface area contributed by atoms with E-state index in [-0.39, 0.29) is 12.0 Å². The first kappa shape index (κ1) is 16.0. The van der Waals surface area contributed by atoms with Crippen molar-refractivity contribution in [3.63, 3.8) is 0 Å². The minimum atomic E-state index is -0.322. The Kier molecular flexibility index (Phi) is 5.00. The van der Waals surface area contributed by atoms with Crippen LogP contribution in [0.25, 0.3) is 0 Å². The van der Waals surface area contributed by atoms with Gasteiger partial charge < -0.3 is 15.0 Å². The molecule has 6 heteroatoms. The summed E-state index contributed by atoms with van der Waals surface area (Å²) >= 11 is 8.87. The summed E-state index contributed by atoms with van der Waals surface area (Å²) in [7, 11) is 1.83. The normalized spacial score (nSPS) is 18.6. The zero-order valence-corrected chi connectivity index (χ0v) is 14.5. The van der Waals surface area contributed by atoms with Crippen LogP contribution < -0.4 is 5.32 Å². The molecule has 1 aliphatic rings. The van der Waals surface area contributed by atoms with Crippen molar-refractivity contribution < 1.29 is 9.53 Å². The fraction of sp³-hybridized carbons (Fsp3) is 0.333. The second-order valence-corrected chi connectivity index (χ2v) is 5.92. The van der Waals surface area contributed by atoms with E-state index in [2.05, 4.69) is 21.2 Å². The Morgan fingerprint density at radius 1 is 1.48 bits per heavy atom. The van der Waals surface area contributed by atoms with Crippen LogP contribution in [0.5, 0.6) is 0 Å². The molecule has 1 N–H and O–H groups in total. The third kappa shape index (κ3) is 3.11. The molecular weight excluding hydrogens is 352 g/mol. The van der Waals surface area contributed by atoms with E-state index in [9.17, 15) is 4.79 Å². The molecule has 1 aromatic rings. The Morgan fingerprint density at radius 2 is 2.14 bits per heavy atom. The van der Waals surface area contributed by atoms with Crippen molar-refractivity contribution >= 4 is 39.2 Å². The number of carbonyl (C=O) groups is 1. The summed E-state index contributed by atoms with van der Waals surface area (Å²) < 4.78 is 6.13. The van der Waals surface area contributed by atoms with Gasteiger partial charge in [0.2, 0.25) is 0 Å². The molecule has 1 atom stereocenters. The van der Waals surface area contributed by atoms with Gasteiger partial charge in [0, 0.05) is 17.2 Å². The molecule has 0 aliphatic carbocycles. The molecule has 0 aromatic heterocycles. The molecule has 0 bridgehead atoms. The highest BCUT2D eigenvalue weighted by atomic mass is 79.9. The maximum atomic E-state index is 12.4. The van der Waals surface area contributed by atoms with Gasteiger partial charge in [0.25, 0.3) is 0 Å². The first-order chi connectivity index (χ1) is 9.97. The van der Waals surface area contributed by atoms with Gasteiger partial charge in [-0.25, -0.2) is 4.79 Å². The monoisotopic (exact) mass is 368 g/mol. The Balaban J connectivity index is 2.54. The Labute approximate surface area is 138 Å². The van der Waals surface area contributed by atoms with E-state index < -0.39 is 0 Å². The van der Waals surface area contributed by atoms with E-state index in [0.29, 0.717) is 17.3 Å². The lowest BCUT2D eigenvalue weighted by molar-refractivity contribution is -0.139. The lowest BCUT2D eigenvalue weighted by Crippen LogP contribution is -2.46. The van der Waals surface area contributed by atoms with Crippen molar-refractivity contribution in [3.05, 3.63) is 45.6 Å². The van der Waals surface area contributed by atoms with Crippen LogP contribution in [0, 0.1) is 0 Å². The van der Waals surface area contributed by atoms with E-state index in [4.69, 9.17) is 17.0 Å². The SMILES string of the molecule is CCOC(=O)C1=C(C)N(C)C(=S)N[C@@H]1c1ccccc1Br. The highest BCUT2D eigenvalue weighted by Gasteiger charge is 2.34. The zero-order valence-electron chi connectivity index (χ0n) is 12.1. The van der Waals surface area contributed by atoms with E-state index in [1.54, 1.807) is 11.8 Å². The molecule has 1 aromatic carbocycles. The van der Waals surface area contributed by atoms with Crippen LogP contribution in [0.15, 0.2) is 40.0 Å². The molecule has 1 aliphatic heterocycles. The Morgan fingerprint density at radius 3 is 2.76 bits per heavy atom. The quantitative estimate of drug-likeness (QED) is 0.655. The fourth-order valence-corrected chi connectivity index (χ4v) is 3.02. The molecule has 0 saturated carbocycles. The number of allylic oxidation sites excluding steroid dienone is 1. The van der Waals surface area contributed by atoms with Crippen molar-refractivity contribution in [2.24, 2.45) is 0 Å². The highest BCUT2D eigenvalue weighted by molar-refractivity contribution is 9.10. The van der Waals surface area contributed by atoms with Crippen LogP contribution >= 0.6 is 28.1 Å². The maximum absolute atomic E-state index is 12.4. The molecule has 0 saturated heterocycles. The molecule has 0 spiro atoms. The van der Waals surface area contributed by atoms with E-state index in [0.717, 1.165) is 15.7 Å². The molecule has 112 valence electrons. The number of hydrogen-bond donors (Lipinski definition) is 1. The molecule has 4 nitrogen and oxygen atoms in total. The number of ether oxygens (including phenoxy) is 1. The van der Waals surface area contributed by atoms with Gasteiger partial charge in [0.05, 0.1) is 18.2 Å². The number of benzene rings is 1. The summed E-state index contributed by atoms with van der Waals surface area (Å²) in [6.45, 7) is 4.02. The van der Waals surface area contributed by atoms with Crippen molar-refractivity contribution in [1.82, 2.24) is 10.2 Å². The number of esters is 1. The molecule has 0 radical (unpaired) electrons. The first-order valence-electron chi connectivity index (χ1n) is 6.63. The van der Waals surface area contributed by atoms with Crippen LogP contribution in [0.2, 0.25) is 0 Å². The van der Waals surface area contributed by atoms with Gasteiger partial charge in [-0.15, -0.1) is 0 Å². The molecule has 1 heterocycles. The van der Waals surface area contributed by atoms with Crippen molar-refractivity contribution in [3.8, 4) is 0 Å². The van der Waals surface area contributed by atoms with Gasteiger partial charge in [-0.05, 0) is 37.7 Å². The van der Waals surface area contributed by atoms with Crippen LogP contribution in [0.3, 0.4) is 0 Å². The Hall–Kier alpha value is -1.40. The molecule has 0 fully saturated rings. The summed E-state index contributed by atoms with van der Waals surface area (Å²) in [5.74, 6) is -0.322. The summed E-state index contributed by atoms with van der Waals surface area (Å²) in [5.41, 5.74) is 2.34. The maximum Gasteiger partial charge on any atom is 0.338 e. The van der Waals surface area contributed by atoms with Gasteiger partial charge in [-0.1, -0.05) is 34.1 Å². The predicted molar refractivity (Wildman–Crippen MR) is 89.7 cm³/mol. The van der Waals surface area contributed by atoms with Crippen molar-refractivity contribution in [1.29, 1.82) is 0 Å². The van der Waals surface area contributed by atoms with Crippen molar-refractivity contribution in [2.75, 3.05) is 13.7 Å². The van der Waals surface area contributed by atoms with Crippen LogP contribution in [0.4, 0.5) is 0 Å². The first-order valence-corrected chi connectivity index (χ1v) is 7.84. The summed E-state index contributed by atoms with van der Waals surface area (Å²) in [6, 6.07) is 7.45. The molecule has 0 amide bonds. The third-order valence-electron chi connectivity index (χ3n) is 3.47. The summed E-state index contributed by atoms with van der Waals surface area (Å²) in [4.78, 5) is 14.1. The topological polar surface area (TPSA) is 41.6 Å². The molecule has 21 heavy (non-hydrogen) atoms. The number of carbonyl (C=O) groups excluding carboxylic acids is 1. The van der Waals surface area contributed by atoms with Crippen LogP contribution in [0.1, 0.15) is 25.5 Å². The largest absolute Gasteiger partial charge is 0.463 e. The van der Waals surface area contributed by atoms with Crippen LogP contribution in [-0.2, 0) is 9.53 Å². The molecule has 2 rings (SSSR count). The predicted octanol–water partition coefficient (Wildman–Crippen LogP) is 3.15. The minimum absolute atomic E-state index is 0.316. The number of nitrogens with one attached hydrogen (secondary N) is 1. The smallest absolute Gasteiger partial charge is 0.338 e. The second-order valence-electron chi connectivity index (χ2n) is 4.68. The number of nitrogens with zero attached hydrogens (tertiary/aromatic N) is 1. The minimum Gasteiger partial charge on any atom is -0.463 e. The number of hydrogen-bond acceptors (Lipinski definition) is 3. The summed E-state index contributed by atoms with van der Waals surface area (Å²) in [5, 5.41) is 3.80. The van der Waals surface area contributed by atoms with E-state index in [1.807, 2.05) is 38.2 Å². The fourth-order valence-electron chi connectivity index (χ4n) is 2.25. The van der Waals surface area contributed by atoms with E-state index >= 15 is 0 Å². The lowest BCUT2D eigenvalue weighted by atomic mass is 9.95. The number of thiocarbonyl (C=S) groups is 1. The van der Waals surface area contributed by atoms with Gasteiger partial charge in [0.1, 0.15) is 0 Å². The van der Waals surface area contributed by atoms with Gasteiger partial charge >= 0.3 is 5.97 Å². The van der Waals surface area contributed by atoms with Crippen molar-refractivity contribution in [2.45, 2.75) is 19.9 Å². The van der Waals surface area contributed by atoms with E-state index in [1.165, 1.54) is 0 Å². The average Bonchev–Trinajstić information content (AvgIpc) is 2.45. The molecule has 0 unspecified atom stereocenters. The van der Waals surface area contributed by atoms with Gasteiger partial charge in [-0.2, -0.15) is 0 Å². The molecular formula is C15H17BrN2O2S.